The number of para-hydroxylation sites is 2. The highest BCUT2D eigenvalue weighted by molar-refractivity contribution is 5.89. The molecule has 4 nitrogen and oxygen atoms in total. The van der Waals surface area contributed by atoms with Gasteiger partial charge in [0.1, 0.15) is 11.5 Å². The van der Waals surface area contributed by atoms with E-state index in [1.807, 2.05) is 71.0 Å². The van der Waals surface area contributed by atoms with Crippen molar-refractivity contribution in [1.82, 2.24) is 0 Å². The summed E-state index contributed by atoms with van der Waals surface area (Å²) in [6, 6.07) is 13.3. The summed E-state index contributed by atoms with van der Waals surface area (Å²) in [5.74, 6) is 0.485. The summed E-state index contributed by atoms with van der Waals surface area (Å²) in [4.78, 5) is 9.32. The summed E-state index contributed by atoms with van der Waals surface area (Å²) in [6.45, 7) is 9.75. The topological polar surface area (TPSA) is 65.2 Å². The maximum absolute atomic E-state index is 10.2. The van der Waals surface area contributed by atoms with Crippen LogP contribution in [-0.2, 0) is 0 Å². The molecule has 29 heavy (non-hydrogen) atoms. The Morgan fingerprint density at radius 2 is 1.03 bits per heavy atom. The van der Waals surface area contributed by atoms with Gasteiger partial charge in [-0.05, 0) is 69.0 Å². The predicted molar refractivity (Wildman–Crippen MR) is 121 cm³/mol. The molecule has 3 aromatic rings. The second kappa shape index (κ2) is 8.31. The van der Waals surface area contributed by atoms with Gasteiger partial charge < -0.3 is 10.2 Å². The molecule has 0 atom stereocenters. The van der Waals surface area contributed by atoms with Gasteiger partial charge in [-0.15, -0.1) is 0 Å². The Bertz CT molecular complexity index is 1040. The first-order chi connectivity index (χ1) is 13.8. The van der Waals surface area contributed by atoms with Gasteiger partial charge in [0.2, 0.25) is 0 Å². The van der Waals surface area contributed by atoms with Gasteiger partial charge in [0.05, 0.1) is 11.4 Å². The molecule has 0 saturated heterocycles. The summed E-state index contributed by atoms with van der Waals surface area (Å²) in [5, 5.41) is 20.5. The third-order valence-electron chi connectivity index (χ3n) is 5.09. The molecule has 0 amide bonds. The number of nitrogens with zero attached hydrogens (tertiary/aromatic N) is 2. The molecule has 0 spiro atoms. The van der Waals surface area contributed by atoms with Crippen LogP contribution in [0.25, 0.3) is 0 Å². The van der Waals surface area contributed by atoms with Crippen LogP contribution in [-0.4, -0.2) is 22.6 Å². The molecule has 0 aliphatic heterocycles. The van der Waals surface area contributed by atoms with E-state index in [-0.39, 0.29) is 11.5 Å². The lowest BCUT2D eigenvalue weighted by Crippen LogP contribution is -1.90. The minimum absolute atomic E-state index is 0.242. The van der Waals surface area contributed by atoms with E-state index in [1.54, 1.807) is 12.4 Å². The van der Waals surface area contributed by atoms with E-state index in [9.17, 15) is 10.2 Å². The maximum atomic E-state index is 10.2. The SMILES string of the molecule is Cc1cccc(C=Nc2c(C)cc(C)c(N=Cc3cccc(C)c3O)c2C)c1O. The van der Waals surface area contributed by atoms with Crippen molar-refractivity contribution < 1.29 is 10.2 Å². The third-order valence-corrected chi connectivity index (χ3v) is 5.09. The number of aromatic hydroxyl groups is 2. The standard InChI is InChI=1S/C25H26N2O2/c1-15-8-6-10-20(24(15)28)13-26-22-17(3)12-18(4)23(19(22)5)27-14-21-11-7-9-16(2)25(21)29/h6-14,28-29H,1-5H3. The third kappa shape index (κ3) is 4.21. The molecule has 0 aromatic heterocycles. The van der Waals surface area contributed by atoms with E-state index in [4.69, 9.17) is 0 Å². The molecule has 0 aliphatic rings. The summed E-state index contributed by atoms with van der Waals surface area (Å²) < 4.78 is 0. The number of aliphatic imine (C=N–C) groups is 2. The highest BCUT2D eigenvalue weighted by Gasteiger charge is 2.11. The Balaban J connectivity index is 2.02. The maximum Gasteiger partial charge on any atom is 0.127 e. The quantitative estimate of drug-likeness (QED) is 0.529. The van der Waals surface area contributed by atoms with Gasteiger partial charge in [0.25, 0.3) is 0 Å². The van der Waals surface area contributed by atoms with Gasteiger partial charge in [0, 0.05) is 29.1 Å². The fourth-order valence-electron chi connectivity index (χ4n) is 3.40. The van der Waals surface area contributed by atoms with Crippen LogP contribution in [0.1, 0.15) is 38.9 Å². The highest BCUT2D eigenvalue weighted by Crippen LogP contribution is 2.35. The molecule has 0 heterocycles. The van der Waals surface area contributed by atoms with E-state index in [1.165, 1.54) is 0 Å². The lowest BCUT2D eigenvalue weighted by atomic mass is 10.0. The summed E-state index contributed by atoms with van der Waals surface area (Å²) in [5.41, 5.74) is 7.69. The van der Waals surface area contributed by atoms with E-state index >= 15 is 0 Å². The zero-order chi connectivity index (χ0) is 21.1. The molecule has 4 heteroatoms. The molecule has 3 rings (SSSR count). The number of hydrogen-bond donors (Lipinski definition) is 2. The number of phenolic OH excluding ortho intramolecular Hbond substituents is 2. The van der Waals surface area contributed by atoms with Crippen LogP contribution >= 0.6 is 0 Å². The molecule has 0 unspecified atom stereocenters. The van der Waals surface area contributed by atoms with Crippen molar-refractivity contribution in [2.45, 2.75) is 34.6 Å². The molecular formula is C25H26N2O2. The predicted octanol–water partition coefficient (Wildman–Crippen LogP) is 6.14. The van der Waals surface area contributed by atoms with Gasteiger partial charge in [-0.1, -0.05) is 30.3 Å². The van der Waals surface area contributed by atoms with Crippen LogP contribution in [0.5, 0.6) is 11.5 Å². The Kier molecular flexibility index (Phi) is 5.83. The second-order valence-corrected chi connectivity index (χ2v) is 7.37. The fraction of sp³-hybridized carbons (Fsp3) is 0.200. The molecular weight excluding hydrogens is 360 g/mol. The number of aryl methyl sites for hydroxylation is 4. The fourth-order valence-corrected chi connectivity index (χ4v) is 3.40. The van der Waals surface area contributed by atoms with Crippen molar-refractivity contribution in [1.29, 1.82) is 0 Å². The van der Waals surface area contributed by atoms with Crippen molar-refractivity contribution in [3.63, 3.8) is 0 Å². The Hall–Kier alpha value is -3.40. The first-order valence-electron chi connectivity index (χ1n) is 9.55. The molecule has 2 N–H and O–H groups in total. The summed E-state index contributed by atoms with van der Waals surface area (Å²) >= 11 is 0. The van der Waals surface area contributed by atoms with E-state index in [2.05, 4.69) is 16.1 Å². The first kappa shape index (κ1) is 20.3. The van der Waals surface area contributed by atoms with Crippen molar-refractivity contribution in [2.75, 3.05) is 0 Å². The van der Waals surface area contributed by atoms with Gasteiger partial charge >= 0.3 is 0 Å². The monoisotopic (exact) mass is 386 g/mol. The van der Waals surface area contributed by atoms with E-state index in [0.29, 0.717) is 11.1 Å². The van der Waals surface area contributed by atoms with Crippen molar-refractivity contribution in [3.8, 4) is 11.5 Å². The minimum Gasteiger partial charge on any atom is -0.507 e. The Labute approximate surface area is 171 Å². The van der Waals surface area contributed by atoms with E-state index < -0.39 is 0 Å². The second-order valence-electron chi connectivity index (χ2n) is 7.37. The van der Waals surface area contributed by atoms with Crippen LogP contribution < -0.4 is 0 Å². The van der Waals surface area contributed by atoms with Gasteiger partial charge in [-0.2, -0.15) is 0 Å². The van der Waals surface area contributed by atoms with Crippen LogP contribution in [0.2, 0.25) is 0 Å². The normalized spacial score (nSPS) is 11.6. The molecule has 0 aliphatic carbocycles. The lowest BCUT2D eigenvalue weighted by Gasteiger charge is -2.12. The number of rotatable bonds is 4. The smallest absolute Gasteiger partial charge is 0.127 e. The molecule has 3 aromatic carbocycles. The molecule has 0 radical (unpaired) electrons. The average molecular weight is 386 g/mol. The molecule has 0 saturated carbocycles. The van der Waals surface area contributed by atoms with Gasteiger partial charge in [-0.3, -0.25) is 9.98 Å². The van der Waals surface area contributed by atoms with Crippen molar-refractivity contribution >= 4 is 23.8 Å². The zero-order valence-electron chi connectivity index (χ0n) is 17.5. The van der Waals surface area contributed by atoms with Crippen LogP contribution in [0.3, 0.4) is 0 Å². The zero-order valence-corrected chi connectivity index (χ0v) is 17.5. The minimum atomic E-state index is 0.242. The number of benzene rings is 3. The lowest BCUT2D eigenvalue weighted by molar-refractivity contribution is 0.470. The highest BCUT2D eigenvalue weighted by atomic mass is 16.3. The molecule has 0 bridgehead atoms. The summed E-state index contributed by atoms with van der Waals surface area (Å²) in [7, 11) is 0. The Morgan fingerprint density at radius 1 is 0.621 bits per heavy atom. The van der Waals surface area contributed by atoms with Crippen LogP contribution in [0.4, 0.5) is 11.4 Å². The van der Waals surface area contributed by atoms with Crippen molar-refractivity contribution in [3.05, 3.63) is 81.4 Å². The van der Waals surface area contributed by atoms with Crippen LogP contribution in [0.15, 0.2) is 52.4 Å². The van der Waals surface area contributed by atoms with E-state index in [0.717, 1.165) is 39.2 Å². The molecule has 0 fully saturated rings. The average Bonchev–Trinajstić information content (AvgIpc) is 2.67. The van der Waals surface area contributed by atoms with Gasteiger partial charge in [-0.25, -0.2) is 0 Å². The van der Waals surface area contributed by atoms with Crippen LogP contribution in [0, 0.1) is 34.6 Å². The van der Waals surface area contributed by atoms with Gasteiger partial charge in [0.15, 0.2) is 0 Å². The Morgan fingerprint density at radius 3 is 1.45 bits per heavy atom. The number of phenols is 2. The first-order valence-corrected chi connectivity index (χ1v) is 9.55. The largest absolute Gasteiger partial charge is 0.507 e. The number of hydrogen-bond acceptors (Lipinski definition) is 4. The summed E-state index contributed by atoms with van der Waals surface area (Å²) in [6.07, 6.45) is 3.37. The molecule has 148 valence electrons. The van der Waals surface area contributed by atoms with Crippen molar-refractivity contribution in [2.24, 2.45) is 9.98 Å².